The number of benzene rings is 3. The summed E-state index contributed by atoms with van der Waals surface area (Å²) < 4.78 is 5.48. The fourth-order valence-corrected chi connectivity index (χ4v) is 6.02. The summed E-state index contributed by atoms with van der Waals surface area (Å²) in [6.45, 7) is 0.505. The molecule has 206 valence electrons. The number of hydrogen-bond donors (Lipinski definition) is 4. The number of epoxide rings is 1. The predicted octanol–water partition coefficient (Wildman–Crippen LogP) is 2.54. The smallest absolute Gasteiger partial charge is 0.253 e. The minimum Gasteiger partial charge on any atom is -0.350 e. The number of hydrogen-bond acceptors (Lipinski definition) is 5. The van der Waals surface area contributed by atoms with Crippen molar-refractivity contribution in [1.82, 2.24) is 16.0 Å². The molecule has 0 aromatic heterocycles. The minimum absolute atomic E-state index is 0.00947. The van der Waals surface area contributed by atoms with E-state index in [2.05, 4.69) is 40.2 Å². The zero-order valence-corrected chi connectivity index (χ0v) is 22.3. The van der Waals surface area contributed by atoms with E-state index in [0.29, 0.717) is 19.4 Å². The Labute approximate surface area is 233 Å². The third-order valence-electron chi connectivity index (χ3n) is 8.11. The zero-order chi connectivity index (χ0) is 27.6. The molecule has 8 heteroatoms. The molecule has 3 atom stereocenters. The normalized spacial score (nSPS) is 19.7. The zero-order valence-electron chi connectivity index (χ0n) is 22.3. The van der Waals surface area contributed by atoms with Gasteiger partial charge in [-0.1, -0.05) is 72.8 Å². The van der Waals surface area contributed by atoms with Crippen LogP contribution in [0.5, 0.6) is 0 Å². The van der Waals surface area contributed by atoms with E-state index in [-0.39, 0.29) is 23.9 Å². The first-order valence-electron chi connectivity index (χ1n) is 14.0. The molecule has 40 heavy (non-hydrogen) atoms. The van der Waals surface area contributed by atoms with Crippen LogP contribution in [0.3, 0.4) is 0 Å². The Morgan fingerprint density at radius 3 is 1.98 bits per heavy atom. The fourth-order valence-electron chi connectivity index (χ4n) is 6.02. The molecule has 5 N–H and O–H groups in total. The molecule has 1 aliphatic heterocycles. The molecule has 8 nitrogen and oxygen atoms in total. The molecule has 3 aromatic rings. The Hall–Kier alpha value is -4.01. The number of ether oxygens (including phenoxy) is 1. The van der Waals surface area contributed by atoms with Crippen molar-refractivity contribution in [3.05, 3.63) is 95.1 Å². The standard InChI is InChI=1S/C32H34N4O4/c33-16-8-7-15-26(30(37)36-27-24-13-5-3-11-22(24)23-12-4-6-14-25(23)27)35-32(39)29-28(40-29)31(38)34-21-17-19-9-1-2-10-20(19)18-21/h1-6,9-14,21,26-29H,7-8,15-18,33H2,(H,34,38)(H,35,39)(H,36,37)/t26-,28?,29?/m0/s1. The second kappa shape index (κ2) is 11.2. The van der Waals surface area contributed by atoms with Crippen molar-refractivity contribution in [3.63, 3.8) is 0 Å². The summed E-state index contributed by atoms with van der Waals surface area (Å²) in [5.41, 5.74) is 12.4. The summed E-state index contributed by atoms with van der Waals surface area (Å²) in [5, 5.41) is 9.04. The highest BCUT2D eigenvalue weighted by Crippen LogP contribution is 2.43. The molecule has 3 amide bonds. The summed E-state index contributed by atoms with van der Waals surface area (Å²) in [6.07, 6.45) is 1.65. The highest BCUT2D eigenvalue weighted by molar-refractivity contribution is 5.97. The largest absolute Gasteiger partial charge is 0.350 e. The second-order valence-corrected chi connectivity index (χ2v) is 10.8. The number of unbranched alkanes of at least 4 members (excludes halogenated alkanes) is 1. The van der Waals surface area contributed by atoms with Crippen LogP contribution >= 0.6 is 0 Å². The average Bonchev–Trinajstić information content (AvgIpc) is 3.59. The van der Waals surface area contributed by atoms with Crippen LogP contribution in [-0.2, 0) is 32.0 Å². The van der Waals surface area contributed by atoms with Gasteiger partial charge >= 0.3 is 0 Å². The average molecular weight is 539 g/mol. The van der Waals surface area contributed by atoms with Gasteiger partial charge in [0.2, 0.25) is 5.91 Å². The minimum atomic E-state index is -0.901. The van der Waals surface area contributed by atoms with Crippen LogP contribution in [-0.4, -0.2) is 48.6 Å². The van der Waals surface area contributed by atoms with E-state index in [1.54, 1.807) is 0 Å². The number of nitrogens with two attached hydrogens (primary N) is 1. The molecule has 0 spiro atoms. The van der Waals surface area contributed by atoms with Gasteiger partial charge in [0, 0.05) is 6.04 Å². The molecule has 0 bridgehead atoms. The van der Waals surface area contributed by atoms with Crippen LogP contribution in [0.25, 0.3) is 11.1 Å². The molecule has 0 radical (unpaired) electrons. The quantitative estimate of drug-likeness (QED) is 0.233. The lowest BCUT2D eigenvalue weighted by molar-refractivity contribution is -0.130. The van der Waals surface area contributed by atoms with E-state index in [4.69, 9.17) is 10.5 Å². The van der Waals surface area contributed by atoms with Gasteiger partial charge in [-0.2, -0.15) is 0 Å². The Balaban J connectivity index is 1.09. The van der Waals surface area contributed by atoms with Gasteiger partial charge in [0.05, 0.1) is 6.04 Å². The van der Waals surface area contributed by atoms with Crippen molar-refractivity contribution in [2.75, 3.05) is 6.54 Å². The first-order valence-corrected chi connectivity index (χ1v) is 14.0. The molecular weight excluding hydrogens is 504 g/mol. The van der Waals surface area contributed by atoms with Crippen LogP contribution in [0.2, 0.25) is 0 Å². The summed E-state index contributed by atoms with van der Waals surface area (Å²) in [7, 11) is 0. The summed E-state index contributed by atoms with van der Waals surface area (Å²) >= 11 is 0. The van der Waals surface area contributed by atoms with Gasteiger partial charge in [-0.25, -0.2) is 0 Å². The van der Waals surface area contributed by atoms with E-state index in [1.807, 2.05) is 48.5 Å². The predicted molar refractivity (Wildman–Crippen MR) is 151 cm³/mol. The molecule has 2 unspecified atom stereocenters. The lowest BCUT2D eigenvalue weighted by atomic mass is 10.0. The molecule has 1 heterocycles. The van der Waals surface area contributed by atoms with Gasteiger partial charge in [-0.3, -0.25) is 14.4 Å². The van der Waals surface area contributed by atoms with E-state index >= 15 is 0 Å². The number of nitrogens with one attached hydrogen (secondary N) is 3. The van der Waals surface area contributed by atoms with Crippen molar-refractivity contribution < 1.29 is 19.1 Å². The van der Waals surface area contributed by atoms with Gasteiger partial charge in [0.1, 0.15) is 6.04 Å². The molecule has 6 rings (SSSR count). The van der Waals surface area contributed by atoms with Crippen LogP contribution < -0.4 is 21.7 Å². The van der Waals surface area contributed by atoms with Crippen molar-refractivity contribution in [3.8, 4) is 11.1 Å². The summed E-state index contributed by atoms with van der Waals surface area (Å²) in [5.74, 6) is -1.01. The Bertz CT molecular complexity index is 1370. The molecular formula is C32H34N4O4. The lowest BCUT2D eigenvalue weighted by Crippen LogP contribution is -2.49. The van der Waals surface area contributed by atoms with E-state index in [1.165, 1.54) is 11.1 Å². The number of carbonyl (C=O) groups excluding carboxylic acids is 3. The van der Waals surface area contributed by atoms with Gasteiger partial charge in [-0.05, 0) is 72.0 Å². The van der Waals surface area contributed by atoms with E-state index in [0.717, 1.165) is 41.5 Å². The number of amides is 3. The molecule has 1 saturated heterocycles. The monoisotopic (exact) mass is 538 g/mol. The van der Waals surface area contributed by atoms with E-state index in [9.17, 15) is 14.4 Å². The molecule has 1 fully saturated rings. The van der Waals surface area contributed by atoms with Crippen LogP contribution in [0.4, 0.5) is 0 Å². The highest BCUT2D eigenvalue weighted by atomic mass is 16.6. The number of carbonyl (C=O) groups is 3. The van der Waals surface area contributed by atoms with Crippen molar-refractivity contribution in [2.45, 2.75) is 62.4 Å². The molecule has 3 aromatic carbocycles. The van der Waals surface area contributed by atoms with Gasteiger partial charge in [0.25, 0.3) is 11.8 Å². The van der Waals surface area contributed by atoms with Gasteiger partial charge in [-0.15, -0.1) is 0 Å². The Morgan fingerprint density at radius 1 is 0.775 bits per heavy atom. The maximum absolute atomic E-state index is 13.6. The fraction of sp³-hybridized carbons (Fsp3) is 0.344. The molecule has 2 aliphatic carbocycles. The highest BCUT2D eigenvalue weighted by Gasteiger charge is 2.51. The maximum Gasteiger partial charge on any atom is 0.253 e. The van der Waals surface area contributed by atoms with Crippen LogP contribution in [0.15, 0.2) is 72.8 Å². The van der Waals surface area contributed by atoms with Crippen LogP contribution in [0, 0.1) is 0 Å². The summed E-state index contributed by atoms with van der Waals surface area (Å²) in [4.78, 5) is 39.5. The Morgan fingerprint density at radius 2 is 1.35 bits per heavy atom. The van der Waals surface area contributed by atoms with Crippen molar-refractivity contribution >= 4 is 17.7 Å². The SMILES string of the molecule is NCCCC[C@H](NC(=O)C1OC1C(=O)NC1Cc2ccccc2C1)C(=O)NC1c2ccccc2-c2ccccc21. The van der Waals surface area contributed by atoms with E-state index < -0.39 is 24.2 Å². The third kappa shape index (κ3) is 5.24. The molecule has 0 saturated carbocycles. The number of fused-ring (bicyclic) bond motifs is 4. The van der Waals surface area contributed by atoms with Crippen molar-refractivity contribution in [1.29, 1.82) is 0 Å². The van der Waals surface area contributed by atoms with Gasteiger partial charge in [0.15, 0.2) is 12.2 Å². The third-order valence-corrected chi connectivity index (χ3v) is 8.11. The van der Waals surface area contributed by atoms with Gasteiger partial charge < -0.3 is 26.4 Å². The summed E-state index contributed by atoms with van der Waals surface area (Å²) in [6, 6.07) is 23.1. The second-order valence-electron chi connectivity index (χ2n) is 10.8. The maximum atomic E-state index is 13.6. The Kier molecular flexibility index (Phi) is 7.36. The molecule has 3 aliphatic rings. The van der Waals surface area contributed by atoms with Crippen molar-refractivity contribution in [2.24, 2.45) is 5.73 Å². The van der Waals surface area contributed by atoms with Crippen LogP contribution in [0.1, 0.15) is 47.6 Å². The lowest BCUT2D eigenvalue weighted by Gasteiger charge is -2.22. The number of rotatable bonds is 10. The topological polar surface area (TPSA) is 126 Å². The first kappa shape index (κ1) is 26.2. The first-order chi connectivity index (χ1) is 19.5.